The van der Waals surface area contributed by atoms with Crippen molar-refractivity contribution >= 4 is 21.7 Å². The Kier molecular flexibility index (Phi) is 4.04. The molecule has 4 nitrogen and oxygen atoms in total. The van der Waals surface area contributed by atoms with Gasteiger partial charge in [-0.3, -0.25) is 0 Å². The molecule has 15 heavy (non-hydrogen) atoms. The van der Waals surface area contributed by atoms with E-state index in [2.05, 4.69) is 52.0 Å². The quantitative estimate of drug-likeness (QED) is 0.828. The van der Waals surface area contributed by atoms with Gasteiger partial charge in [-0.1, -0.05) is 20.8 Å². The van der Waals surface area contributed by atoms with Crippen LogP contribution in [0.5, 0.6) is 0 Å². The lowest BCUT2D eigenvalue weighted by atomic mass is 9.87. The molecule has 0 aromatic carbocycles. The Balaban J connectivity index is 2.76. The number of nitrogens with zero attached hydrogens (tertiary/aromatic N) is 2. The first-order valence-corrected chi connectivity index (χ1v) is 5.57. The number of nitrogens with one attached hydrogen (secondary N) is 1. The second-order valence-corrected chi connectivity index (χ2v) is 5.28. The molecule has 0 radical (unpaired) electrons. The predicted molar refractivity (Wildman–Crippen MR) is 63.7 cm³/mol. The van der Waals surface area contributed by atoms with Crippen molar-refractivity contribution in [3.63, 3.8) is 0 Å². The fraction of sp³-hybridized carbons (Fsp3) is 0.600. The maximum absolute atomic E-state index is 9.27. The fourth-order valence-corrected chi connectivity index (χ4v) is 1.44. The molecule has 84 valence electrons. The topological polar surface area (TPSA) is 58.0 Å². The first-order chi connectivity index (χ1) is 6.93. The highest BCUT2D eigenvalue weighted by atomic mass is 79.9. The third-order valence-corrected chi connectivity index (χ3v) is 2.62. The molecular weight excluding hydrogens is 258 g/mol. The summed E-state index contributed by atoms with van der Waals surface area (Å²) < 4.78 is 0.727. The molecule has 0 bridgehead atoms. The molecule has 1 rings (SSSR count). The van der Waals surface area contributed by atoms with Crippen molar-refractivity contribution in [3.8, 4) is 0 Å². The third kappa shape index (κ3) is 3.76. The van der Waals surface area contributed by atoms with Crippen LogP contribution in [0.15, 0.2) is 17.0 Å². The highest BCUT2D eigenvalue weighted by Gasteiger charge is 2.23. The molecule has 1 atom stereocenters. The first kappa shape index (κ1) is 12.4. The van der Waals surface area contributed by atoms with Crippen LogP contribution in [-0.2, 0) is 0 Å². The number of aromatic nitrogens is 2. The Bertz CT molecular complexity index is 325. The van der Waals surface area contributed by atoms with Gasteiger partial charge in [0.15, 0.2) is 0 Å². The van der Waals surface area contributed by atoms with Gasteiger partial charge in [0.25, 0.3) is 0 Å². The molecule has 0 fully saturated rings. The molecule has 0 aliphatic rings. The molecule has 0 amide bonds. The van der Waals surface area contributed by atoms with E-state index in [0.717, 1.165) is 4.60 Å². The van der Waals surface area contributed by atoms with Gasteiger partial charge in [0.05, 0.1) is 12.6 Å². The minimum Gasteiger partial charge on any atom is -0.394 e. The Morgan fingerprint density at radius 2 is 2.13 bits per heavy atom. The number of rotatable bonds is 3. The highest BCUT2D eigenvalue weighted by molar-refractivity contribution is 9.10. The summed E-state index contributed by atoms with van der Waals surface area (Å²) in [6.07, 6.45) is 1.48. The zero-order valence-corrected chi connectivity index (χ0v) is 10.7. The minimum atomic E-state index is -0.0284. The van der Waals surface area contributed by atoms with Crippen LogP contribution in [-0.4, -0.2) is 27.7 Å². The summed E-state index contributed by atoms with van der Waals surface area (Å²) in [5, 5.41) is 12.5. The molecule has 1 aromatic heterocycles. The predicted octanol–water partition coefficient (Wildman–Crippen LogP) is 2.06. The smallest absolute Gasteiger partial charge is 0.130 e. The van der Waals surface area contributed by atoms with Gasteiger partial charge in [-0.15, -0.1) is 0 Å². The van der Waals surface area contributed by atoms with Crippen LogP contribution in [0.1, 0.15) is 20.8 Å². The van der Waals surface area contributed by atoms with Gasteiger partial charge in [-0.25, -0.2) is 9.97 Å². The second-order valence-electron chi connectivity index (χ2n) is 4.47. The summed E-state index contributed by atoms with van der Waals surface area (Å²) >= 11 is 3.27. The monoisotopic (exact) mass is 273 g/mol. The van der Waals surface area contributed by atoms with E-state index >= 15 is 0 Å². The lowest BCUT2D eigenvalue weighted by Crippen LogP contribution is -2.37. The van der Waals surface area contributed by atoms with Crippen LogP contribution in [0.25, 0.3) is 0 Å². The fourth-order valence-electron chi connectivity index (χ4n) is 1.13. The lowest BCUT2D eigenvalue weighted by molar-refractivity contribution is 0.201. The summed E-state index contributed by atoms with van der Waals surface area (Å²) in [7, 11) is 0. The van der Waals surface area contributed by atoms with Gasteiger partial charge in [0.1, 0.15) is 16.7 Å². The van der Waals surface area contributed by atoms with Crippen molar-refractivity contribution in [2.45, 2.75) is 26.8 Å². The van der Waals surface area contributed by atoms with Crippen LogP contribution in [0.3, 0.4) is 0 Å². The van der Waals surface area contributed by atoms with E-state index in [1.165, 1.54) is 6.33 Å². The van der Waals surface area contributed by atoms with E-state index in [4.69, 9.17) is 0 Å². The Hall–Kier alpha value is -0.680. The number of aliphatic hydroxyl groups excluding tert-OH is 1. The van der Waals surface area contributed by atoms with Crippen LogP contribution in [0, 0.1) is 5.41 Å². The summed E-state index contributed by atoms with van der Waals surface area (Å²) in [4.78, 5) is 8.02. The standard InChI is InChI=1S/C10H16BrN3O/c1-10(2,3)7(5-15)14-9-4-8(11)12-6-13-9/h4,6-7,15H,5H2,1-3H3,(H,12,13,14). The lowest BCUT2D eigenvalue weighted by Gasteiger charge is -2.30. The zero-order valence-electron chi connectivity index (χ0n) is 9.16. The van der Waals surface area contributed by atoms with E-state index < -0.39 is 0 Å². The number of anilines is 1. The summed E-state index contributed by atoms with van der Waals surface area (Å²) in [6.45, 7) is 6.27. The van der Waals surface area contributed by atoms with Gasteiger partial charge in [0.2, 0.25) is 0 Å². The second kappa shape index (κ2) is 4.90. The van der Waals surface area contributed by atoms with Crippen molar-refractivity contribution < 1.29 is 5.11 Å². The largest absolute Gasteiger partial charge is 0.394 e. The van der Waals surface area contributed by atoms with Crippen molar-refractivity contribution in [3.05, 3.63) is 17.0 Å². The van der Waals surface area contributed by atoms with E-state index in [9.17, 15) is 5.11 Å². The number of halogens is 1. The summed E-state index contributed by atoms with van der Waals surface area (Å²) in [6, 6.07) is 1.76. The molecule has 5 heteroatoms. The van der Waals surface area contributed by atoms with Crippen molar-refractivity contribution in [2.75, 3.05) is 11.9 Å². The van der Waals surface area contributed by atoms with Crippen LogP contribution >= 0.6 is 15.9 Å². The molecular formula is C10H16BrN3O. The molecule has 0 spiro atoms. The van der Waals surface area contributed by atoms with Gasteiger partial charge in [-0.05, 0) is 21.3 Å². The van der Waals surface area contributed by atoms with Gasteiger partial charge in [-0.2, -0.15) is 0 Å². The first-order valence-electron chi connectivity index (χ1n) is 4.78. The number of aliphatic hydroxyl groups is 1. The van der Waals surface area contributed by atoms with Crippen LogP contribution in [0.2, 0.25) is 0 Å². The Morgan fingerprint density at radius 1 is 1.47 bits per heavy atom. The summed E-state index contributed by atoms with van der Waals surface area (Å²) in [5.74, 6) is 0.714. The normalized spacial score (nSPS) is 13.7. The molecule has 1 heterocycles. The Labute approximate surface area is 98.3 Å². The molecule has 1 unspecified atom stereocenters. The Morgan fingerprint density at radius 3 is 2.60 bits per heavy atom. The molecule has 1 aromatic rings. The SMILES string of the molecule is CC(C)(C)C(CO)Nc1cc(Br)ncn1. The van der Waals surface area contributed by atoms with Crippen molar-refractivity contribution in [1.29, 1.82) is 0 Å². The van der Waals surface area contributed by atoms with Crippen LogP contribution in [0.4, 0.5) is 5.82 Å². The molecule has 0 aliphatic heterocycles. The minimum absolute atomic E-state index is 0.0217. The maximum Gasteiger partial charge on any atom is 0.130 e. The van der Waals surface area contributed by atoms with E-state index in [1.54, 1.807) is 6.07 Å². The van der Waals surface area contributed by atoms with E-state index in [0.29, 0.717) is 5.82 Å². The molecule has 0 aliphatic carbocycles. The molecule has 2 N–H and O–H groups in total. The van der Waals surface area contributed by atoms with E-state index in [-0.39, 0.29) is 18.1 Å². The molecule has 0 saturated heterocycles. The zero-order chi connectivity index (χ0) is 11.5. The van der Waals surface area contributed by atoms with E-state index in [1.807, 2.05) is 0 Å². The van der Waals surface area contributed by atoms with Gasteiger partial charge < -0.3 is 10.4 Å². The summed E-state index contributed by atoms with van der Waals surface area (Å²) in [5.41, 5.74) is -0.0217. The van der Waals surface area contributed by atoms with Crippen molar-refractivity contribution in [1.82, 2.24) is 9.97 Å². The van der Waals surface area contributed by atoms with Gasteiger partial charge >= 0.3 is 0 Å². The third-order valence-electron chi connectivity index (χ3n) is 2.18. The van der Waals surface area contributed by atoms with Gasteiger partial charge in [0, 0.05) is 6.07 Å². The maximum atomic E-state index is 9.27. The molecule has 0 saturated carbocycles. The van der Waals surface area contributed by atoms with Crippen molar-refractivity contribution in [2.24, 2.45) is 5.41 Å². The average Bonchev–Trinajstić information content (AvgIpc) is 2.12. The number of hydrogen-bond donors (Lipinski definition) is 2. The highest BCUT2D eigenvalue weighted by Crippen LogP contribution is 2.22. The van der Waals surface area contributed by atoms with Crippen LogP contribution < -0.4 is 5.32 Å². The number of hydrogen-bond acceptors (Lipinski definition) is 4. The average molecular weight is 274 g/mol.